The van der Waals surface area contributed by atoms with Crippen LogP contribution in [0.4, 0.5) is 5.69 Å². The number of carbonyl (C=O) groups excluding carboxylic acids is 2. The Morgan fingerprint density at radius 2 is 2.04 bits per heavy atom. The van der Waals surface area contributed by atoms with Crippen LogP contribution in [0.5, 0.6) is 0 Å². The molecule has 3 rings (SSSR count). The minimum Gasteiger partial charge on any atom is -0.343 e. The molecule has 6 heteroatoms. The number of rotatable bonds is 3. The Kier molecular flexibility index (Phi) is 4.68. The summed E-state index contributed by atoms with van der Waals surface area (Å²) in [6, 6.07) is 12.5. The molecule has 0 saturated carbocycles. The minimum absolute atomic E-state index is 0.0408. The molecule has 0 atom stereocenters. The topological polar surface area (TPSA) is 49.4 Å². The quantitative estimate of drug-likeness (QED) is 0.868. The highest BCUT2D eigenvalue weighted by atomic mass is 79.9. The molecule has 1 N–H and O–H groups in total. The summed E-state index contributed by atoms with van der Waals surface area (Å²) in [5.41, 5.74) is 2.49. The van der Waals surface area contributed by atoms with Crippen molar-refractivity contribution in [1.82, 2.24) is 5.32 Å². The number of nitrogens with zero attached hydrogens (tertiary/aromatic N) is 1. The average molecular weight is 394 g/mol. The van der Waals surface area contributed by atoms with E-state index in [2.05, 4.69) is 21.2 Å². The first-order valence-electron chi connectivity index (χ1n) is 7.17. The molecule has 0 aromatic heterocycles. The number of hydrogen-bond donors (Lipinski definition) is 1. The van der Waals surface area contributed by atoms with Gasteiger partial charge in [-0.2, -0.15) is 0 Å². The summed E-state index contributed by atoms with van der Waals surface area (Å²) in [4.78, 5) is 26.1. The average Bonchev–Trinajstić information content (AvgIpc) is 2.95. The van der Waals surface area contributed by atoms with E-state index >= 15 is 0 Å². The SMILES string of the molecule is O=C(NCC(=O)N1CCc2cc(Br)ccc21)c1cccc(Cl)c1. The van der Waals surface area contributed by atoms with Crippen molar-refractivity contribution in [3.63, 3.8) is 0 Å². The van der Waals surface area contributed by atoms with E-state index in [1.807, 2.05) is 18.2 Å². The molecule has 1 heterocycles. The number of nitrogens with one attached hydrogen (secondary N) is 1. The van der Waals surface area contributed by atoms with Gasteiger partial charge in [-0.3, -0.25) is 9.59 Å². The molecule has 0 radical (unpaired) electrons. The fourth-order valence-corrected chi connectivity index (χ4v) is 3.21. The standard InChI is InChI=1S/C17H14BrClN2O2/c18-13-4-5-15-11(8-13)6-7-21(15)16(22)10-20-17(23)12-2-1-3-14(19)9-12/h1-5,8-9H,6-7,10H2,(H,20,23). The van der Waals surface area contributed by atoms with Gasteiger partial charge in [0.1, 0.15) is 0 Å². The van der Waals surface area contributed by atoms with E-state index in [1.165, 1.54) is 0 Å². The van der Waals surface area contributed by atoms with E-state index in [4.69, 9.17) is 11.6 Å². The minimum atomic E-state index is -0.309. The summed E-state index contributed by atoms with van der Waals surface area (Å²) >= 11 is 9.30. The summed E-state index contributed by atoms with van der Waals surface area (Å²) in [6.45, 7) is 0.596. The number of amides is 2. The lowest BCUT2D eigenvalue weighted by Gasteiger charge is -2.17. The largest absolute Gasteiger partial charge is 0.343 e. The van der Waals surface area contributed by atoms with Gasteiger partial charge in [-0.1, -0.05) is 33.6 Å². The third-order valence-corrected chi connectivity index (χ3v) is 4.45. The van der Waals surface area contributed by atoms with Crippen molar-refractivity contribution in [2.24, 2.45) is 0 Å². The lowest BCUT2D eigenvalue weighted by molar-refractivity contribution is -0.117. The van der Waals surface area contributed by atoms with Gasteiger partial charge in [-0.25, -0.2) is 0 Å². The second kappa shape index (κ2) is 6.72. The van der Waals surface area contributed by atoms with Gasteiger partial charge in [-0.15, -0.1) is 0 Å². The number of hydrogen-bond acceptors (Lipinski definition) is 2. The molecule has 0 unspecified atom stereocenters. The van der Waals surface area contributed by atoms with Crippen LogP contribution in [0.25, 0.3) is 0 Å². The van der Waals surface area contributed by atoms with Crippen molar-refractivity contribution in [3.05, 3.63) is 63.1 Å². The van der Waals surface area contributed by atoms with Gasteiger partial charge in [0.25, 0.3) is 5.91 Å². The van der Waals surface area contributed by atoms with Crippen LogP contribution in [0, 0.1) is 0 Å². The van der Waals surface area contributed by atoms with Gasteiger partial charge < -0.3 is 10.2 Å². The number of halogens is 2. The summed E-state index contributed by atoms with van der Waals surface area (Å²) in [5.74, 6) is -0.433. The van der Waals surface area contributed by atoms with E-state index < -0.39 is 0 Å². The van der Waals surface area contributed by atoms with Crippen molar-refractivity contribution in [2.45, 2.75) is 6.42 Å². The van der Waals surface area contributed by atoms with Gasteiger partial charge >= 0.3 is 0 Å². The molecule has 1 aliphatic heterocycles. The predicted molar refractivity (Wildman–Crippen MR) is 94.0 cm³/mol. The molecule has 0 aliphatic carbocycles. The molecule has 2 amide bonds. The molecule has 0 spiro atoms. The van der Waals surface area contributed by atoms with E-state index in [0.29, 0.717) is 17.1 Å². The van der Waals surface area contributed by atoms with Crippen LogP contribution in [0.15, 0.2) is 46.9 Å². The number of carbonyl (C=O) groups is 2. The predicted octanol–water partition coefficient (Wildman–Crippen LogP) is 3.42. The highest BCUT2D eigenvalue weighted by Crippen LogP contribution is 2.30. The first-order valence-corrected chi connectivity index (χ1v) is 8.34. The highest BCUT2D eigenvalue weighted by molar-refractivity contribution is 9.10. The zero-order valence-corrected chi connectivity index (χ0v) is 14.5. The Morgan fingerprint density at radius 3 is 2.83 bits per heavy atom. The van der Waals surface area contributed by atoms with E-state index in [9.17, 15) is 9.59 Å². The van der Waals surface area contributed by atoms with Crippen LogP contribution >= 0.6 is 27.5 Å². The normalized spacial score (nSPS) is 12.9. The fraction of sp³-hybridized carbons (Fsp3) is 0.176. The van der Waals surface area contributed by atoms with E-state index in [0.717, 1.165) is 22.1 Å². The third-order valence-electron chi connectivity index (χ3n) is 3.73. The van der Waals surface area contributed by atoms with Gasteiger partial charge in [0.05, 0.1) is 6.54 Å². The smallest absolute Gasteiger partial charge is 0.251 e. The van der Waals surface area contributed by atoms with E-state index in [-0.39, 0.29) is 18.4 Å². The Labute approximate surface area is 147 Å². The number of fused-ring (bicyclic) bond motifs is 1. The Hall–Kier alpha value is -1.85. The van der Waals surface area contributed by atoms with Crippen LogP contribution in [0.2, 0.25) is 5.02 Å². The first kappa shape index (κ1) is 16.0. The van der Waals surface area contributed by atoms with Gasteiger partial charge in [-0.05, 0) is 48.4 Å². The van der Waals surface area contributed by atoms with Crippen molar-refractivity contribution in [1.29, 1.82) is 0 Å². The van der Waals surface area contributed by atoms with Crippen LogP contribution < -0.4 is 10.2 Å². The molecular weight excluding hydrogens is 380 g/mol. The first-order chi connectivity index (χ1) is 11.0. The molecule has 0 saturated heterocycles. The Bertz CT molecular complexity index is 779. The van der Waals surface area contributed by atoms with Crippen LogP contribution in [-0.2, 0) is 11.2 Å². The molecule has 1 aliphatic rings. The molecular formula is C17H14BrClN2O2. The molecule has 0 fully saturated rings. The maximum atomic E-state index is 12.4. The van der Waals surface area contributed by atoms with Crippen molar-refractivity contribution in [3.8, 4) is 0 Å². The molecule has 4 nitrogen and oxygen atoms in total. The van der Waals surface area contributed by atoms with Crippen molar-refractivity contribution in [2.75, 3.05) is 18.0 Å². The summed E-state index contributed by atoms with van der Waals surface area (Å²) in [6.07, 6.45) is 0.822. The zero-order valence-electron chi connectivity index (χ0n) is 12.2. The van der Waals surface area contributed by atoms with Crippen LogP contribution in [0.3, 0.4) is 0 Å². The summed E-state index contributed by atoms with van der Waals surface area (Å²) in [5, 5.41) is 3.14. The molecule has 2 aromatic rings. The number of anilines is 1. The molecule has 2 aromatic carbocycles. The third kappa shape index (κ3) is 3.57. The Balaban J connectivity index is 1.64. The van der Waals surface area contributed by atoms with Crippen molar-refractivity contribution < 1.29 is 9.59 Å². The molecule has 23 heavy (non-hydrogen) atoms. The second-order valence-corrected chi connectivity index (χ2v) is 6.61. The zero-order chi connectivity index (χ0) is 16.4. The lowest BCUT2D eigenvalue weighted by atomic mass is 10.2. The molecule has 118 valence electrons. The number of benzene rings is 2. The van der Waals surface area contributed by atoms with Crippen molar-refractivity contribution >= 4 is 45.0 Å². The van der Waals surface area contributed by atoms with Gasteiger partial charge in [0.15, 0.2) is 0 Å². The second-order valence-electron chi connectivity index (χ2n) is 5.26. The Morgan fingerprint density at radius 1 is 1.22 bits per heavy atom. The highest BCUT2D eigenvalue weighted by Gasteiger charge is 2.24. The van der Waals surface area contributed by atoms with Crippen LogP contribution in [0.1, 0.15) is 15.9 Å². The fourth-order valence-electron chi connectivity index (χ4n) is 2.61. The van der Waals surface area contributed by atoms with E-state index in [1.54, 1.807) is 29.2 Å². The maximum Gasteiger partial charge on any atom is 0.251 e. The van der Waals surface area contributed by atoms with Gasteiger partial charge in [0.2, 0.25) is 5.91 Å². The maximum absolute atomic E-state index is 12.4. The van der Waals surface area contributed by atoms with Gasteiger partial charge in [0, 0.05) is 27.3 Å². The lowest BCUT2D eigenvalue weighted by Crippen LogP contribution is -2.39. The van der Waals surface area contributed by atoms with Crippen LogP contribution in [-0.4, -0.2) is 24.9 Å². The summed E-state index contributed by atoms with van der Waals surface area (Å²) < 4.78 is 1.000. The summed E-state index contributed by atoms with van der Waals surface area (Å²) in [7, 11) is 0. The monoisotopic (exact) mass is 392 g/mol. The molecule has 0 bridgehead atoms.